The number of hydrogen-bond acceptors (Lipinski definition) is 1. The van der Waals surface area contributed by atoms with E-state index in [1.54, 1.807) is 0 Å². The lowest BCUT2D eigenvalue weighted by atomic mass is 10.3. The van der Waals surface area contributed by atoms with Gasteiger partial charge in [0.2, 0.25) is 0 Å². The molecule has 0 fully saturated rings. The highest BCUT2D eigenvalue weighted by atomic mass is 79.9. The first kappa shape index (κ1) is 14.7. The number of halogens is 2. The third kappa shape index (κ3) is 9.31. The molecule has 4 heteroatoms. The van der Waals surface area contributed by atoms with Crippen molar-refractivity contribution in [2.24, 2.45) is 0 Å². The third-order valence-corrected chi connectivity index (χ3v) is 1.45. The minimum atomic E-state index is 0.0417. The Hall–Kier alpha value is 0.746. The second-order valence-electron chi connectivity index (χ2n) is 2.54. The maximum atomic E-state index is 5.43. The lowest BCUT2D eigenvalue weighted by molar-refractivity contribution is 0.309. The number of hydrogen-bond donors (Lipinski definition) is 0. The summed E-state index contributed by atoms with van der Waals surface area (Å²) in [5.74, 6) is 0.942. The van der Waals surface area contributed by atoms with E-state index in [2.05, 4.69) is 38.8 Å². The van der Waals surface area contributed by atoms with Gasteiger partial charge in [-0.2, -0.15) is 0 Å². The predicted octanol–water partition coefficient (Wildman–Crippen LogP) is 3.98. The lowest BCUT2D eigenvalue weighted by Crippen LogP contribution is -1.95. The quantitative estimate of drug-likeness (QED) is 0.598. The van der Waals surface area contributed by atoms with Crippen LogP contribution in [0.5, 0.6) is 5.75 Å². The van der Waals surface area contributed by atoms with Gasteiger partial charge in [-0.1, -0.05) is 25.5 Å². The summed E-state index contributed by atoms with van der Waals surface area (Å²) in [6.07, 6.45) is 2.30. The first-order valence-electron chi connectivity index (χ1n) is 4.56. The maximum absolute atomic E-state index is 5.43. The Morgan fingerprint density at radius 2 is 1.93 bits per heavy atom. The zero-order valence-electron chi connectivity index (χ0n) is 8.30. The molecule has 0 aromatic heterocycles. The van der Waals surface area contributed by atoms with Gasteiger partial charge in [0.15, 0.2) is 0 Å². The molecule has 0 unspecified atom stereocenters. The van der Waals surface area contributed by atoms with Crippen LogP contribution in [0.25, 0.3) is 0 Å². The van der Waals surface area contributed by atoms with Gasteiger partial charge < -0.3 is 4.74 Å². The Balaban J connectivity index is 0.000000500. The van der Waals surface area contributed by atoms with Crippen molar-refractivity contribution in [2.45, 2.75) is 19.8 Å². The van der Waals surface area contributed by atoms with Crippen LogP contribution in [-0.4, -0.2) is 22.6 Å². The summed E-state index contributed by atoms with van der Waals surface area (Å²) in [4.78, 5) is 0. The Morgan fingerprint density at radius 1 is 1.36 bits per heavy atom. The highest BCUT2D eigenvalue weighted by Crippen LogP contribution is 2.08. The van der Waals surface area contributed by atoms with Crippen molar-refractivity contribution < 1.29 is 4.74 Å². The average molecular weight is 333 g/mol. The largest absolute Gasteiger partial charge is 0.560 e. The molecule has 0 amide bonds. The Bertz CT molecular complexity index is 207. The molecule has 0 bridgehead atoms. The first-order chi connectivity index (χ1) is 6.85. The standard InChI is InChI=1S/C10H13O.2BrH.Mg/c1-2-3-9-11-10-7-5-4-6-8-10;;;/h5-8H,2-3,9H2,1H3;2*1H;/q;;;+2/p-2. The first-order valence-corrected chi connectivity index (χ1v) is 12.4. The molecular weight excluding hydrogens is 320 g/mol. The van der Waals surface area contributed by atoms with Gasteiger partial charge in [-0.3, -0.25) is 25.8 Å². The molecule has 1 rings (SSSR count). The predicted molar refractivity (Wildman–Crippen MR) is 69.3 cm³/mol. The van der Waals surface area contributed by atoms with Crippen molar-refractivity contribution in [1.82, 2.24) is 0 Å². The molecule has 1 aromatic carbocycles. The Morgan fingerprint density at radius 3 is 2.43 bits per heavy atom. The number of unbranched alkanes of at least 4 members (excludes halogenated alkanes) is 1. The fourth-order valence-corrected chi connectivity index (χ4v) is 0.802. The average Bonchev–Trinajstić information content (AvgIpc) is 2.21. The summed E-state index contributed by atoms with van der Waals surface area (Å²) >= 11 is 6.44. The van der Waals surface area contributed by atoms with Gasteiger partial charge in [-0.05, 0) is 24.6 Å². The summed E-state index contributed by atoms with van der Waals surface area (Å²) in [7, 11) is 0. The molecule has 1 aromatic rings. The van der Waals surface area contributed by atoms with Crippen LogP contribution in [-0.2, 0) is 0 Å². The lowest BCUT2D eigenvalue weighted by Gasteiger charge is -2.03. The minimum Gasteiger partial charge on any atom is -0.494 e. The fraction of sp³-hybridized carbons (Fsp3) is 0.400. The van der Waals surface area contributed by atoms with Gasteiger partial charge in [0.25, 0.3) is 0 Å². The van der Waals surface area contributed by atoms with Crippen LogP contribution in [0.4, 0.5) is 0 Å². The number of rotatable bonds is 4. The molecule has 0 saturated carbocycles. The van der Waals surface area contributed by atoms with E-state index >= 15 is 0 Å². The van der Waals surface area contributed by atoms with Gasteiger partial charge in [-0.15, -0.1) is 0 Å². The van der Waals surface area contributed by atoms with Crippen LogP contribution in [0.3, 0.4) is 0 Å². The van der Waals surface area contributed by atoms with Gasteiger partial charge in [0.05, 0.1) is 6.61 Å². The molecule has 75 valence electrons. The third-order valence-electron chi connectivity index (χ3n) is 1.45. The Kier molecular flexibility index (Phi) is 12.4. The van der Waals surface area contributed by atoms with Crippen LogP contribution >= 0.6 is 25.8 Å². The van der Waals surface area contributed by atoms with Crippen molar-refractivity contribution in [3.8, 4) is 5.75 Å². The van der Waals surface area contributed by atoms with Crippen LogP contribution in [0, 0.1) is 6.07 Å². The second kappa shape index (κ2) is 11.8. The molecule has 14 heavy (non-hydrogen) atoms. The summed E-state index contributed by atoms with van der Waals surface area (Å²) < 4.78 is 5.43. The number of benzene rings is 1. The van der Waals surface area contributed by atoms with Crippen molar-refractivity contribution in [2.75, 3.05) is 6.61 Å². The van der Waals surface area contributed by atoms with Crippen LogP contribution in [0.15, 0.2) is 24.3 Å². The van der Waals surface area contributed by atoms with Crippen molar-refractivity contribution in [3.63, 3.8) is 0 Å². The molecule has 1 nitrogen and oxygen atoms in total. The normalized spacial score (nSPS) is 8.21. The summed E-state index contributed by atoms with van der Waals surface area (Å²) in [6, 6.07) is 10.5. The summed E-state index contributed by atoms with van der Waals surface area (Å²) in [5, 5.41) is 0. The van der Waals surface area contributed by atoms with Crippen LogP contribution < -0.4 is 4.74 Å². The number of ether oxygens (including phenoxy) is 1. The summed E-state index contributed by atoms with van der Waals surface area (Å²) in [5.41, 5.74) is 0. The van der Waals surface area contributed by atoms with E-state index in [0.717, 1.165) is 18.8 Å². The molecule has 0 aliphatic carbocycles. The van der Waals surface area contributed by atoms with Crippen LogP contribution in [0.2, 0.25) is 0 Å². The van der Waals surface area contributed by atoms with Crippen LogP contribution in [0.1, 0.15) is 19.8 Å². The van der Waals surface area contributed by atoms with Gasteiger partial charge in [0, 0.05) is 0 Å². The molecular formula is C10H13Br2MgO. The van der Waals surface area contributed by atoms with Crippen molar-refractivity contribution >= 4 is 41.8 Å². The fourth-order valence-electron chi connectivity index (χ4n) is 0.802. The zero-order chi connectivity index (χ0) is 10.6. The molecule has 0 heterocycles. The molecule has 0 aliphatic rings. The molecule has 0 saturated heterocycles. The molecule has 0 N–H and O–H groups in total. The van der Waals surface area contributed by atoms with Crippen molar-refractivity contribution in [3.05, 3.63) is 30.3 Å². The summed E-state index contributed by atoms with van der Waals surface area (Å²) in [6.45, 7) is 2.97. The molecule has 0 atom stereocenters. The maximum Gasteiger partial charge on any atom is 0.560 e. The van der Waals surface area contributed by atoms with E-state index in [1.807, 2.05) is 24.3 Å². The van der Waals surface area contributed by atoms with Crippen molar-refractivity contribution in [1.29, 1.82) is 0 Å². The van der Waals surface area contributed by atoms with E-state index in [1.165, 1.54) is 6.42 Å². The monoisotopic (exact) mass is 331 g/mol. The highest BCUT2D eigenvalue weighted by molar-refractivity contribution is 9.47. The topological polar surface area (TPSA) is 9.23 Å². The zero-order valence-corrected chi connectivity index (χ0v) is 12.9. The Labute approximate surface area is 108 Å². The van der Waals surface area contributed by atoms with Gasteiger partial charge in [-0.25, -0.2) is 0 Å². The smallest absolute Gasteiger partial charge is 0.494 e. The SMILES string of the molecule is CCCCOc1cc[c]cc1.[Br][Mg][Br]. The molecule has 0 spiro atoms. The highest BCUT2D eigenvalue weighted by Gasteiger charge is 1.88. The second-order valence-corrected chi connectivity index (χ2v) is 10.6. The van der Waals surface area contributed by atoms with Gasteiger partial charge >= 0.3 is 16.0 Å². The van der Waals surface area contributed by atoms with E-state index < -0.39 is 0 Å². The minimum absolute atomic E-state index is 0.0417. The van der Waals surface area contributed by atoms with E-state index in [-0.39, 0.29) is 16.0 Å². The van der Waals surface area contributed by atoms with E-state index in [0.29, 0.717) is 0 Å². The molecule has 1 radical (unpaired) electrons. The van der Waals surface area contributed by atoms with E-state index in [4.69, 9.17) is 4.74 Å². The van der Waals surface area contributed by atoms with E-state index in [9.17, 15) is 0 Å². The van der Waals surface area contributed by atoms with Gasteiger partial charge in [0.1, 0.15) is 5.75 Å². The molecule has 0 aliphatic heterocycles.